The van der Waals surface area contributed by atoms with E-state index in [0.29, 0.717) is 41.2 Å². The number of nitrogens with zero attached hydrogens (tertiary/aromatic N) is 6. The Morgan fingerprint density at radius 2 is 2.16 bits per heavy atom. The molecule has 1 saturated heterocycles. The van der Waals surface area contributed by atoms with Crippen molar-refractivity contribution in [3.63, 3.8) is 0 Å². The van der Waals surface area contributed by atoms with Gasteiger partial charge in [0.2, 0.25) is 0 Å². The fourth-order valence-corrected chi connectivity index (χ4v) is 3.97. The van der Waals surface area contributed by atoms with E-state index in [9.17, 15) is 9.59 Å². The Labute approximate surface area is 210 Å². The van der Waals surface area contributed by atoms with Gasteiger partial charge in [0, 0.05) is 29.9 Å². The van der Waals surface area contributed by atoms with Gasteiger partial charge in [0.1, 0.15) is 30.3 Å². The van der Waals surface area contributed by atoms with E-state index in [1.54, 1.807) is 48.3 Å². The van der Waals surface area contributed by atoms with Crippen molar-refractivity contribution in [1.82, 2.24) is 20.0 Å². The van der Waals surface area contributed by atoms with Crippen LogP contribution in [0.5, 0.6) is 0 Å². The number of anilines is 1. The topological polar surface area (TPSA) is 147 Å². The van der Waals surface area contributed by atoms with Crippen molar-refractivity contribution in [2.24, 2.45) is 10.9 Å². The minimum absolute atomic E-state index is 0.0365. The largest absolute Gasteiger partial charge is 0.460 e. The number of amides is 1. The van der Waals surface area contributed by atoms with Crippen LogP contribution in [0, 0.1) is 5.82 Å². The summed E-state index contributed by atoms with van der Waals surface area (Å²) < 4.78 is 27.1. The zero-order valence-electron chi connectivity index (χ0n) is 19.9. The van der Waals surface area contributed by atoms with Crippen molar-refractivity contribution < 1.29 is 28.3 Å². The second kappa shape index (κ2) is 10.3. The third kappa shape index (κ3) is 5.40. The van der Waals surface area contributed by atoms with Crippen LogP contribution in [-0.4, -0.2) is 69.2 Å². The molecule has 3 aromatic rings. The SMILES string of the molecule is C[C@H](N)C(=O)OC[C@@H]1CC(c2ccc(-c3ccc(N4C[C@H](Cn5ccnn5)OC4=O)cc3F)cn2)=NO1. The van der Waals surface area contributed by atoms with Gasteiger partial charge in [-0.1, -0.05) is 16.4 Å². The van der Waals surface area contributed by atoms with Crippen molar-refractivity contribution in [3.05, 3.63) is 60.4 Å². The number of pyridine rings is 1. The van der Waals surface area contributed by atoms with Gasteiger partial charge < -0.3 is 20.0 Å². The third-order valence-electron chi connectivity index (χ3n) is 5.89. The van der Waals surface area contributed by atoms with Gasteiger partial charge in [0.15, 0.2) is 6.10 Å². The molecule has 0 unspecified atom stereocenters. The zero-order chi connectivity index (χ0) is 25.9. The fraction of sp³-hybridized carbons (Fsp3) is 0.333. The van der Waals surface area contributed by atoms with Gasteiger partial charge in [-0.3, -0.25) is 14.7 Å². The lowest BCUT2D eigenvalue weighted by Crippen LogP contribution is -2.31. The number of hydrogen-bond acceptors (Lipinski definition) is 10. The lowest BCUT2D eigenvalue weighted by molar-refractivity contribution is -0.148. The molecule has 0 aliphatic carbocycles. The maximum Gasteiger partial charge on any atom is 0.414 e. The van der Waals surface area contributed by atoms with Crippen LogP contribution in [0.2, 0.25) is 0 Å². The highest BCUT2D eigenvalue weighted by molar-refractivity contribution is 5.99. The predicted molar refractivity (Wildman–Crippen MR) is 128 cm³/mol. The van der Waals surface area contributed by atoms with E-state index in [1.807, 2.05) is 0 Å². The number of aromatic nitrogens is 4. The first kappa shape index (κ1) is 24.3. The molecule has 2 aliphatic heterocycles. The van der Waals surface area contributed by atoms with Crippen molar-refractivity contribution in [3.8, 4) is 11.1 Å². The molecule has 5 rings (SSSR count). The molecule has 3 atom stereocenters. The van der Waals surface area contributed by atoms with E-state index in [-0.39, 0.29) is 13.2 Å². The minimum atomic E-state index is -0.711. The third-order valence-corrected chi connectivity index (χ3v) is 5.89. The summed E-state index contributed by atoms with van der Waals surface area (Å²) in [4.78, 5) is 35.0. The van der Waals surface area contributed by atoms with Crippen LogP contribution < -0.4 is 10.6 Å². The van der Waals surface area contributed by atoms with Crippen LogP contribution in [0.15, 0.2) is 54.1 Å². The van der Waals surface area contributed by atoms with Crippen molar-refractivity contribution >= 4 is 23.5 Å². The molecule has 0 saturated carbocycles. The Morgan fingerprint density at radius 3 is 2.86 bits per heavy atom. The van der Waals surface area contributed by atoms with Crippen LogP contribution in [0.25, 0.3) is 11.1 Å². The molecule has 0 bridgehead atoms. The molecule has 2 aromatic heterocycles. The Bertz CT molecular complexity index is 1310. The highest BCUT2D eigenvalue weighted by atomic mass is 19.1. The number of carbonyl (C=O) groups excluding carboxylic acids is 2. The van der Waals surface area contributed by atoms with Crippen LogP contribution >= 0.6 is 0 Å². The molecule has 0 radical (unpaired) electrons. The van der Waals surface area contributed by atoms with Crippen molar-refractivity contribution in [1.29, 1.82) is 0 Å². The first-order valence-electron chi connectivity index (χ1n) is 11.6. The van der Waals surface area contributed by atoms with E-state index in [0.717, 1.165) is 0 Å². The molecule has 13 heteroatoms. The van der Waals surface area contributed by atoms with Crippen LogP contribution in [0.3, 0.4) is 0 Å². The number of benzene rings is 1. The minimum Gasteiger partial charge on any atom is -0.460 e. The van der Waals surface area contributed by atoms with E-state index in [1.165, 1.54) is 17.2 Å². The van der Waals surface area contributed by atoms with Crippen LogP contribution in [-0.2, 0) is 25.7 Å². The van der Waals surface area contributed by atoms with E-state index in [2.05, 4.69) is 20.5 Å². The molecule has 1 aromatic carbocycles. The number of halogens is 1. The van der Waals surface area contributed by atoms with Gasteiger partial charge in [-0.15, -0.1) is 5.10 Å². The maximum atomic E-state index is 15.1. The molecule has 192 valence electrons. The molecule has 12 nitrogen and oxygen atoms in total. The summed E-state index contributed by atoms with van der Waals surface area (Å²) in [7, 11) is 0. The number of cyclic esters (lactones) is 1. The maximum absolute atomic E-state index is 15.1. The fourth-order valence-electron chi connectivity index (χ4n) is 3.97. The van der Waals surface area contributed by atoms with Crippen LogP contribution in [0.4, 0.5) is 14.9 Å². The summed E-state index contributed by atoms with van der Waals surface area (Å²) in [6.45, 7) is 2.20. The Balaban J connectivity index is 1.21. The summed E-state index contributed by atoms with van der Waals surface area (Å²) in [6, 6.07) is 7.29. The summed E-state index contributed by atoms with van der Waals surface area (Å²) >= 11 is 0. The quantitative estimate of drug-likeness (QED) is 0.450. The standard InChI is InChI=1S/C24H24FN7O5/c1-14(26)23(33)35-13-17-9-22(29-37-17)21-5-2-15(10-27-21)19-4-3-16(8-20(19)25)32-12-18(36-24(32)34)11-31-7-6-28-30-31/h2-8,10,14,17-18H,9,11-13,26H2,1H3/t14-,17-,18-/m0/s1. The lowest BCUT2D eigenvalue weighted by atomic mass is 10.0. The monoisotopic (exact) mass is 509 g/mol. The van der Waals surface area contributed by atoms with Gasteiger partial charge in [0.25, 0.3) is 0 Å². The van der Waals surface area contributed by atoms with E-state index >= 15 is 4.39 Å². The number of oxime groups is 1. The van der Waals surface area contributed by atoms with Crippen molar-refractivity contribution in [2.45, 2.75) is 38.1 Å². The van der Waals surface area contributed by atoms with Gasteiger partial charge in [-0.25, -0.2) is 13.9 Å². The smallest absolute Gasteiger partial charge is 0.414 e. The molecule has 1 amide bonds. The van der Waals surface area contributed by atoms with Crippen molar-refractivity contribution in [2.75, 3.05) is 18.1 Å². The second-order valence-electron chi connectivity index (χ2n) is 8.73. The lowest BCUT2D eigenvalue weighted by Gasteiger charge is -2.14. The summed E-state index contributed by atoms with van der Waals surface area (Å²) in [5.74, 6) is -1.02. The molecular weight excluding hydrogens is 485 g/mol. The first-order chi connectivity index (χ1) is 17.9. The predicted octanol–water partition coefficient (Wildman–Crippen LogP) is 1.89. The number of ether oxygens (including phenoxy) is 2. The number of esters is 1. The molecule has 2 N–H and O–H groups in total. The van der Waals surface area contributed by atoms with E-state index in [4.69, 9.17) is 20.0 Å². The Hall–Kier alpha value is -4.39. The zero-order valence-corrected chi connectivity index (χ0v) is 19.9. The first-order valence-corrected chi connectivity index (χ1v) is 11.6. The second-order valence-corrected chi connectivity index (χ2v) is 8.73. The summed E-state index contributed by atoms with van der Waals surface area (Å²) in [5.41, 5.74) is 7.93. The average Bonchev–Trinajstić information content (AvgIpc) is 3.65. The molecular formula is C24H24FN7O5. The average molecular weight is 509 g/mol. The highest BCUT2D eigenvalue weighted by Crippen LogP contribution is 2.29. The van der Waals surface area contributed by atoms with Gasteiger partial charge in [0.05, 0.1) is 30.7 Å². The number of nitrogens with two attached hydrogens (primary N) is 1. The van der Waals surface area contributed by atoms with Gasteiger partial charge in [-0.05, 0) is 31.2 Å². The number of rotatable bonds is 8. The van der Waals surface area contributed by atoms with Gasteiger partial charge in [-0.2, -0.15) is 0 Å². The highest BCUT2D eigenvalue weighted by Gasteiger charge is 2.33. The van der Waals surface area contributed by atoms with Gasteiger partial charge >= 0.3 is 12.1 Å². The molecule has 4 heterocycles. The summed E-state index contributed by atoms with van der Waals surface area (Å²) in [5, 5.41) is 11.6. The van der Waals surface area contributed by atoms with E-state index < -0.39 is 36.1 Å². The molecule has 1 fully saturated rings. The number of carbonyl (C=O) groups is 2. The normalized spacial score (nSPS) is 19.8. The summed E-state index contributed by atoms with van der Waals surface area (Å²) in [6.07, 6.45) is 3.77. The Morgan fingerprint density at radius 1 is 1.30 bits per heavy atom. The van der Waals surface area contributed by atoms with Crippen LogP contribution in [0.1, 0.15) is 19.0 Å². The Kier molecular flexibility index (Phi) is 6.77. The molecule has 0 spiro atoms. The molecule has 2 aliphatic rings. The molecule has 37 heavy (non-hydrogen) atoms. The number of hydrogen-bond donors (Lipinski definition) is 1.